The molecule has 4 rings (SSSR count). The van der Waals surface area contributed by atoms with Crippen LogP contribution in [0.2, 0.25) is 0 Å². The highest BCUT2D eigenvalue weighted by atomic mass is 16.5. The number of aryl methyl sites for hydroxylation is 3. The second kappa shape index (κ2) is 12.3. The predicted molar refractivity (Wildman–Crippen MR) is 157 cm³/mol. The number of benzene rings is 3. The first kappa shape index (κ1) is 27.4. The zero-order valence-electron chi connectivity index (χ0n) is 22.5. The Labute approximate surface area is 227 Å². The maximum Gasteiger partial charge on any atom is 0.261 e. The molecule has 0 aliphatic heterocycles. The normalized spacial score (nSPS) is 10.8. The maximum atomic E-state index is 13.4. The molecule has 4 aromatic rings. The number of fused-ring (bicyclic) bond motifs is 1. The Morgan fingerprint density at radius 2 is 1.72 bits per heavy atom. The van der Waals surface area contributed by atoms with E-state index in [1.165, 1.54) is 0 Å². The molecule has 0 aliphatic carbocycles. The molecule has 4 N–H and O–H groups in total. The zero-order valence-corrected chi connectivity index (χ0v) is 22.5. The van der Waals surface area contributed by atoms with Gasteiger partial charge < -0.3 is 25.7 Å². The highest BCUT2D eigenvalue weighted by Gasteiger charge is 2.17. The first-order valence-electron chi connectivity index (χ1n) is 13.0. The van der Waals surface area contributed by atoms with Gasteiger partial charge in [-0.2, -0.15) is 0 Å². The molecule has 0 aliphatic rings. The number of hydrogen-bond donors (Lipinski definition) is 3. The molecule has 0 unspecified atom stereocenters. The lowest BCUT2D eigenvalue weighted by Crippen LogP contribution is -2.24. The summed E-state index contributed by atoms with van der Waals surface area (Å²) in [6.07, 6.45) is 4.26. The van der Waals surface area contributed by atoms with Gasteiger partial charge >= 0.3 is 0 Å². The molecule has 202 valence electrons. The molecule has 1 aromatic heterocycles. The van der Waals surface area contributed by atoms with Crippen molar-refractivity contribution in [2.45, 2.75) is 46.1 Å². The SMILES string of the molecule is COc1ccc2c(c1)c(=O)c(C(=O)Nc1ccc(C)cc1C)cn2CCCCCC(=O)Nc1ccccc1N. The molecule has 3 aromatic carbocycles. The Hall–Kier alpha value is -4.59. The van der Waals surface area contributed by atoms with Crippen molar-refractivity contribution in [1.82, 2.24) is 4.57 Å². The van der Waals surface area contributed by atoms with Gasteiger partial charge in [0, 0.05) is 24.8 Å². The lowest BCUT2D eigenvalue weighted by atomic mass is 10.1. The van der Waals surface area contributed by atoms with Crippen LogP contribution in [0.25, 0.3) is 10.9 Å². The van der Waals surface area contributed by atoms with E-state index in [9.17, 15) is 14.4 Å². The summed E-state index contributed by atoms with van der Waals surface area (Å²) in [6.45, 7) is 4.49. The van der Waals surface area contributed by atoms with Crippen molar-refractivity contribution in [1.29, 1.82) is 0 Å². The van der Waals surface area contributed by atoms with E-state index in [1.54, 1.807) is 37.6 Å². The minimum Gasteiger partial charge on any atom is -0.497 e. The average Bonchev–Trinajstić information content (AvgIpc) is 2.92. The van der Waals surface area contributed by atoms with Crippen LogP contribution in [0.15, 0.2) is 71.7 Å². The molecule has 0 saturated heterocycles. The Morgan fingerprint density at radius 1 is 0.923 bits per heavy atom. The van der Waals surface area contributed by atoms with E-state index in [0.29, 0.717) is 47.6 Å². The molecule has 8 nitrogen and oxygen atoms in total. The number of nitrogens with one attached hydrogen (secondary N) is 2. The van der Waals surface area contributed by atoms with Gasteiger partial charge in [0.15, 0.2) is 0 Å². The average molecular weight is 527 g/mol. The van der Waals surface area contributed by atoms with Gasteiger partial charge in [-0.15, -0.1) is 0 Å². The van der Waals surface area contributed by atoms with E-state index in [0.717, 1.165) is 29.5 Å². The topological polar surface area (TPSA) is 115 Å². The monoisotopic (exact) mass is 526 g/mol. The molecule has 0 bridgehead atoms. The molecular formula is C31H34N4O4. The van der Waals surface area contributed by atoms with E-state index in [4.69, 9.17) is 10.5 Å². The van der Waals surface area contributed by atoms with Crippen molar-refractivity contribution >= 4 is 39.8 Å². The standard InChI is InChI=1S/C31H34N4O4/c1-20-12-14-26(21(2)17-20)34-31(38)24-19-35(28-15-13-22(39-3)18-23(28)30(24)37)16-8-4-5-11-29(36)33-27-10-7-6-9-25(27)32/h6-7,9-10,12-15,17-19H,4-5,8,11,16,32H2,1-3H3,(H,33,36)(H,34,38). The number of rotatable bonds is 10. The number of hydrogen-bond acceptors (Lipinski definition) is 5. The quantitative estimate of drug-likeness (QED) is 0.182. The Balaban J connectivity index is 1.48. The molecular weight excluding hydrogens is 492 g/mol. The summed E-state index contributed by atoms with van der Waals surface area (Å²) in [4.78, 5) is 38.9. The molecule has 1 heterocycles. The second-order valence-corrected chi connectivity index (χ2v) is 9.67. The van der Waals surface area contributed by atoms with Gasteiger partial charge in [0.25, 0.3) is 5.91 Å². The Kier molecular flexibility index (Phi) is 8.66. The molecule has 2 amide bonds. The van der Waals surface area contributed by atoms with Gasteiger partial charge in [-0.1, -0.05) is 36.2 Å². The van der Waals surface area contributed by atoms with Crippen LogP contribution >= 0.6 is 0 Å². The molecule has 0 atom stereocenters. The number of nitrogen functional groups attached to an aromatic ring is 1. The molecule has 0 fully saturated rings. The van der Waals surface area contributed by atoms with Gasteiger partial charge in [0.2, 0.25) is 11.3 Å². The number of anilines is 3. The number of nitrogens with two attached hydrogens (primary N) is 1. The number of amides is 2. The van der Waals surface area contributed by atoms with E-state index in [2.05, 4.69) is 10.6 Å². The number of ether oxygens (including phenoxy) is 1. The summed E-state index contributed by atoms with van der Waals surface area (Å²) < 4.78 is 7.26. The van der Waals surface area contributed by atoms with E-state index in [1.807, 2.05) is 54.8 Å². The Morgan fingerprint density at radius 3 is 2.46 bits per heavy atom. The van der Waals surface area contributed by atoms with E-state index < -0.39 is 5.91 Å². The Bertz CT molecular complexity index is 1580. The van der Waals surface area contributed by atoms with Gasteiger partial charge in [-0.3, -0.25) is 14.4 Å². The number of aromatic nitrogens is 1. The zero-order chi connectivity index (χ0) is 27.9. The molecule has 0 saturated carbocycles. The van der Waals surface area contributed by atoms with E-state index in [-0.39, 0.29) is 16.9 Å². The van der Waals surface area contributed by atoms with Crippen molar-refractivity contribution in [3.63, 3.8) is 0 Å². The van der Waals surface area contributed by atoms with Crippen LogP contribution in [0.5, 0.6) is 5.75 Å². The summed E-state index contributed by atoms with van der Waals surface area (Å²) in [5.41, 5.74) is 10.2. The third-order valence-corrected chi connectivity index (χ3v) is 6.70. The van der Waals surface area contributed by atoms with Crippen LogP contribution in [-0.2, 0) is 11.3 Å². The van der Waals surface area contributed by atoms with E-state index >= 15 is 0 Å². The third-order valence-electron chi connectivity index (χ3n) is 6.70. The van der Waals surface area contributed by atoms with Crippen LogP contribution in [0.1, 0.15) is 47.2 Å². The number of unbranched alkanes of at least 4 members (excludes halogenated alkanes) is 2. The van der Waals surface area contributed by atoms with Crippen LogP contribution in [0, 0.1) is 13.8 Å². The fraction of sp³-hybridized carbons (Fsp3) is 0.258. The molecule has 0 spiro atoms. The van der Waals surface area contributed by atoms with Gasteiger partial charge in [-0.05, 0) is 68.7 Å². The van der Waals surface area contributed by atoms with Crippen LogP contribution < -0.4 is 26.5 Å². The van der Waals surface area contributed by atoms with Crippen LogP contribution in [0.4, 0.5) is 17.1 Å². The largest absolute Gasteiger partial charge is 0.497 e. The number of methoxy groups -OCH3 is 1. The van der Waals surface area contributed by atoms with Crippen LogP contribution in [0.3, 0.4) is 0 Å². The van der Waals surface area contributed by atoms with Gasteiger partial charge in [-0.25, -0.2) is 0 Å². The predicted octanol–water partition coefficient (Wildman–Crippen LogP) is 5.66. The summed E-state index contributed by atoms with van der Waals surface area (Å²) >= 11 is 0. The maximum absolute atomic E-state index is 13.4. The van der Waals surface area contributed by atoms with Crippen molar-refractivity contribution in [2.75, 3.05) is 23.5 Å². The fourth-order valence-electron chi connectivity index (χ4n) is 4.56. The lowest BCUT2D eigenvalue weighted by Gasteiger charge is -2.15. The number of carbonyl (C=O) groups is 2. The third kappa shape index (κ3) is 6.65. The smallest absolute Gasteiger partial charge is 0.261 e. The fourth-order valence-corrected chi connectivity index (χ4v) is 4.56. The minimum atomic E-state index is -0.456. The minimum absolute atomic E-state index is 0.0653. The molecule has 0 radical (unpaired) electrons. The van der Waals surface area contributed by atoms with Crippen molar-refractivity contribution in [3.05, 3.63) is 93.8 Å². The van der Waals surface area contributed by atoms with Crippen molar-refractivity contribution in [3.8, 4) is 5.75 Å². The molecule has 39 heavy (non-hydrogen) atoms. The summed E-state index contributed by atoms with van der Waals surface area (Å²) in [5, 5.41) is 6.16. The van der Waals surface area contributed by atoms with Crippen LogP contribution in [-0.4, -0.2) is 23.5 Å². The van der Waals surface area contributed by atoms with Crippen molar-refractivity contribution < 1.29 is 14.3 Å². The summed E-state index contributed by atoms with van der Waals surface area (Å²) in [5.74, 6) is 0.00425. The number of carbonyl (C=O) groups excluding carboxylic acids is 2. The number of pyridine rings is 1. The van der Waals surface area contributed by atoms with Gasteiger partial charge in [0.1, 0.15) is 11.3 Å². The highest BCUT2D eigenvalue weighted by molar-refractivity contribution is 6.06. The lowest BCUT2D eigenvalue weighted by molar-refractivity contribution is -0.116. The summed E-state index contributed by atoms with van der Waals surface area (Å²) in [7, 11) is 1.54. The van der Waals surface area contributed by atoms with Crippen molar-refractivity contribution in [2.24, 2.45) is 0 Å². The molecule has 8 heteroatoms. The first-order chi connectivity index (χ1) is 18.8. The number of nitrogens with zero attached hydrogens (tertiary/aromatic N) is 1. The highest BCUT2D eigenvalue weighted by Crippen LogP contribution is 2.22. The van der Waals surface area contributed by atoms with Gasteiger partial charge in [0.05, 0.1) is 29.4 Å². The second-order valence-electron chi connectivity index (χ2n) is 9.67. The first-order valence-corrected chi connectivity index (χ1v) is 13.0. The summed E-state index contributed by atoms with van der Waals surface area (Å²) in [6, 6.07) is 18.2. The number of para-hydroxylation sites is 2.